The molecule has 1 aliphatic rings. The molecule has 0 atom stereocenters. The zero-order valence-corrected chi connectivity index (χ0v) is 16.2. The fourth-order valence-electron chi connectivity index (χ4n) is 3.01. The van der Waals surface area contributed by atoms with Crippen LogP contribution in [0.1, 0.15) is 35.2 Å². The summed E-state index contributed by atoms with van der Waals surface area (Å²) < 4.78 is 41.0. The highest BCUT2D eigenvalue weighted by Crippen LogP contribution is 2.24. The van der Waals surface area contributed by atoms with Gasteiger partial charge in [0.25, 0.3) is 5.91 Å². The Labute approximate surface area is 163 Å². The number of hydrogen-bond donors (Lipinski definition) is 1. The smallest absolute Gasteiger partial charge is 0.251 e. The van der Waals surface area contributed by atoms with Gasteiger partial charge in [-0.2, -0.15) is 4.31 Å². The van der Waals surface area contributed by atoms with Crippen molar-refractivity contribution in [2.24, 2.45) is 0 Å². The summed E-state index contributed by atoms with van der Waals surface area (Å²) in [6.07, 6.45) is 2.46. The molecule has 1 amide bonds. The van der Waals surface area contributed by atoms with E-state index in [1.807, 2.05) is 0 Å². The highest BCUT2D eigenvalue weighted by atomic mass is 35.5. The van der Waals surface area contributed by atoms with E-state index in [4.69, 9.17) is 11.6 Å². The molecule has 0 unspecified atom stereocenters. The van der Waals surface area contributed by atoms with Crippen LogP contribution < -0.4 is 5.32 Å². The van der Waals surface area contributed by atoms with Gasteiger partial charge in [-0.3, -0.25) is 4.79 Å². The van der Waals surface area contributed by atoms with Gasteiger partial charge in [-0.05, 0) is 42.7 Å². The number of nitrogens with zero attached hydrogens (tertiary/aromatic N) is 1. The number of halogens is 2. The van der Waals surface area contributed by atoms with Gasteiger partial charge in [0.05, 0.1) is 0 Å². The van der Waals surface area contributed by atoms with Gasteiger partial charge in [-0.1, -0.05) is 36.2 Å². The molecular formula is C19H20ClFN2O3S. The topological polar surface area (TPSA) is 66.5 Å². The van der Waals surface area contributed by atoms with E-state index in [9.17, 15) is 17.6 Å². The summed E-state index contributed by atoms with van der Waals surface area (Å²) in [5, 5.41) is 3.20. The molecule has 27 heavy (non-hydrogen) atoms. The van der Waals surface area contributed by atoms with Crippen LogP contribution in [0.15, 0.2) is 47.4 Å². The molecule has 0 aromatic heterocycles. The zero-order valence-electron chi connectivity index (χ0n) is 14.6. The molecule has 3 rings (SSSR count). The standard InChI is InChI=1S/C19H20ClFN2O3S/c20-16-7-3-2-6-15(16)13-22-19(24)14-8-9-17(21)18(12-14)27(25,26)23-10-4-1-5-11-23/h2-3,6-9,12H,1,4-5,10-11,13H2,(H,22,24). The molecule has 144 valence electrons. The first-order valence-corrected chi connectivity index (χ1v) is 10.5. The molecule has 0 saturated carbocycles. The molecule has 0 radical (unpaired) electrons. The quantitative estimate of drug-likeness (QED) is 0.819. The first-order valence-electron chi connectivity index (χ1n) is 8.71. The number of sulfonamides is 1. The number of carbonyl (C=O) groups excluding carboxylic acids is 1. The minimum absolute atomic E-state index is 0.0824. The minimum Gasteiger partial charge on any atom is -0.348 e. The molecule has 8 heteroatoms. The summed E-state index contributed by atoms with van der Waals surface area (Å²) in [6, 6.07) is 10.5. The number of carbonyl (C=O) groups is 1. The van der Waals surface area contributed by atoms with E-state index in [1.54, 1.807) is 24.3 Å². The van der Waals surface area contributed by atoms with Crippen LogP contribution in [0.2, 0.25) is 5.02 Å². The third kappa shape index (κ3) is 4.48. The van der Waals surface area contributed by atoms with Crippen molar-refractivity contribution < 1.29 is 17.6 Å². The third-order valence-electron chi connectivity index (χ3n) is 4.52. The maximum Gasteiger partial charge on any atom is 0.251 e. The van der Waals surface area contributed by atoms with Crippen molar-refractivity contribution in [1.29, 1.82) is 0 Å². The third-order valence-corrected chi connectivity index (χ3v) is 6.81. The highest BCUT2D eigenvalue weighted by Gasteiger charge is 2.29. The van der Waals surface area contributed by atoms with Gasteiger partial charge in [0.1, 0.15) is 10.7 Å². The summed E-state index contributed by atoms with van der Waals surface area (Å²) in [5.74, 6) is -1.35. The second kappa shape index (κ2) is 8.37. The van der Waals surface area contributed by atoms with Crippen LogP contribution in [-0.4, -0.2) is 31.7 Å². The van der Waals surface area contributed by atoms with E-state index >= 15 is 0 Å². The van der Waals surface area contributed by atoms with E-state index < -0.39 is 26.6 Å². The largest absolute Gasteiger partial charge is 0.348 e. The second-order valence-corrected chi connectivity index (χ2v) is 8.70. The summed E-state index contributed by atoms with van der Waals surface area (Å²) in [4.78, 5) is 11.9. The molecule has 0 aliphatic carbocycles. The summed E-state index contributed by atoms with van der Waals surface area (Å²) in [6.45, 7) is 0.916. The van der Waals surface area contributed by atoms with Crippen molar-refractivity contribution in [1.82, 2.24) is 9.62 Å². The Kier molecular flexibility index (Phi) is 6.14. The van der Waals surface area contributed by atoms with E-state index in [2.05, 4.69) is 5.32 Å². The Morgan fingerprint density at radius 3 is 2.52 bits per heavy atom. The maximum atomic E-state index is 14.2. The molecule has 2 aromatic carbocycles. The van der Waals surface area contributed by atoms with E-state index in [0.29, 0.717) is 18.1 Å². The predicted molar refractivity (Wildman–Crippen MR) is 102 cm³/mol. The normalized spacial score (nSPS) is 15.5. The van der Waals surface area contributed by atoms with Crippen LogP contribution in [0, 0.1) is 5.82 Å². The van der Waals surface area contributed by atoms with Crippen molar-refractivity contribution in [3.8, 4) is 0 Å². The lowest BCUT2D eigenvalue weighted by Crippen LogP contribution is -2.36. The van der Waals surface area contributed by atoms with Gasteiger partial charge in [0.15, 0.2) is 0 Å². The van der Waals surface area contributed by atoms with Gasteiger partial charge in [0.2, 0.25) is 10.0 Å². The average molecular weight is 411 g/mol. The molecule has 1 N–H and O–H groups in total. The number of rotatable bonds is 5. The van der Waals surface area contributed by atoms with Crippen LogP contribution in [-0.2, 0) is 16.6 Å². The van der Waals surface area contributed by atoms with Gasteiger partial charge in [-0.15, -0.1) is 0 Å². The maximum absolute atomic E-state index is 14.2. The summed E-state index contributed by atoms with van der Waals surface area (Å²) in [7, 11) is -3.97. The van der Waals surface area contributed by atoms with Gasteiger partial charge in [-0.25, -0.2) is 12.8 Å². The fraction of sp³-hybridized carbons (Fsp3) is 0.316. The lowest BCUT2D eigenvalue weighted by atomic mass is 10.2. The first-order chi connectivity index (χ1) is 12.9. The number of hydrogen-bond acceptors (Lipinski definition) is 3. The molecule has 1 fully saturated rings. The Bertz CT molecular complexity index is 944. The van der Waals surface area contributed by atoms with Crippen LogP contribution in [0.25, 0.3) is 0 Å². The number of nitrogens with one attached hydrogen (secondary N) is 1. The minimum atomic E-state index is -3.97. The van der Waals surface area contributed by atoms with Crippen molar-refractivity contribution in [2.45, 2.75) is 30.7 Å². The predicted octanol–water partition coefficient (Wildman–Crippen LogP) is 3.58. The lowest BCUT2D eigenvalue weighted by molar-refractivity contribution is 0.0950. The average Bonchev–Trinajstić information content (AvgIpc) is 2.68. The van der Waals surface area contributed by atoms with Crippen LogP contribution >= 0.6 is 11.6 Å². The number of benzene rings is 2. The molecule has 2 aromatic rings. The molecule has 0 bridgehead atoms. The van der Waals surface area contributed by atoms with E-state index in [0.717, 1.165) is 37.0 Å². The lowest BCUT2D eigenvalue weighted by Gasteiger charge is -2.26. The number of piperidine rings is 1. The Balaban J connectivity index is 1.80. The number of amides is 1. The Morgan fingerprint density at radius 1 is 1.11 bits per heavy atom. The van der Waals surface area contributed by atoms with Gasteiger partial charge in [0, 0.05) is 30.2 Å². The molecular weight excluding hydrogens is 391 g/mol. The SMILES string of the molecule is O=C(NCc1ccccc1Cl)c1ccc(F)c(S(=O)(=O)N2CCCCC2)c1. The molecule has 1 heterocycles. The van der Waals surface area contributed by atoms with Gasteiger partial charge < -0.3 is 5.32 Å². The monoisotopic (exact) mass is 410 g/mol. The second-order valence-electron chi connectivity index (χ2n) is 6.38. The van der Waals surface area contributed by atoms with E-state index in [-0.39, 0.29) is 12.1 Å². The molecule has 0 spiro atoms. The summed E-state index contributed by atoms with van der Waals surface area (Å²) >= 11 is 6.06. The molecule has 1 aliphatic heterocycles. The fourth-order valence-corrected chi connectivity index (χ4v) is 4.82. The van der Waals surface area contributed by atoms with Crippen LogP contribution in [0.5, 0.6) is 0 Å². The van der Waals surface area contributed by atoms with Crippen molar-refractivity contribution >= 4 is 27.5 Å². The van der Waals surface area contributed by atoms with Crippen LogP contribution in [0.3, 0.4) is 0 Å². The first kappa shape index (κ1) is 19.8. The van der Waals surface area contributed by atoms with E-state index in [1.165, 1.54) is 10.4 Å². The zero-order chi connectivity index (χ0) is 19.4. The molecule has 5 nitrogen and oxygen atoms in total. The molecule has 1 saturated heterocycles. The Hall–Kier alpha value is -1.96. The van der Waals surface area contributed by atoms with Crippen LogP contribution in [0.4, 0.5) is 4.39 Å². The van der Waals surface area contributed by atoms with Crippen molar-refractivity contribution in [2.75, 3.05) is 13.1 Å². The van der Waals surface area contributed by atoms with Crippen molar-refractivity contribution in [3.05, 3.63) is 64.4 Å². The van der Waals surface area contributed by atoms with Crippen molar-refractivity contribution in [3.63, 3.8) is 0 Å². The van der Waals surface area contributed by atoms with Gasteiger partial charge >= 0.3 is 0 Å². The highest BCUT2D eigenvalue weighted by molar-refractivity contribution is 7.89. The summed E-state index contributed by atoms with van der Waals surface area (Å²) in [5.41, 5.74) is 0.815. The Morgan fingerprint density at radius 2 is 1.81 bits per heavy atom.